The molecule has 0 aromatic heterocycles. The van der Waals surface area contributed by atoms with Gasteiger partial charge in [-0.05, 0) is 19.3 Å². The summed E-state index contributed by atoms with van der Waals surface area (Å²) in [6.07, 6.45) is 1.01. The van der Waals surface area contributed by atoms with Crippen molar-refractivity contribution in [2.24, 2.45) is 11.3 Å². The van der Waals surface area contributed by atoms with E-state index in [4.69, 9.17) is 4.74 Å². The molecule has 0 radical (unpaired) electrons. The largest absolute Gasteiger partial charge is 0.393 e. The lowest BCUT2D eigenvalue weighted by atomic mass is 9.42. The van der Waals surface area contributed by atoms with Crippen LogP contribution in [-0.4, -0.2) is 34.1 Å². The van der Waals surface area contributed by atoms with Gasteiger partial charge in [0.05, 0.1) is 18.3 Å². The molecule has 1 aliphatic heterocycles. The summed E-state index contributed by atoms with van der Waals surface area (Å²) in [5.41, 5.74) is -1.38. The lowest BCUT2D eigenvalue weighted by Gasteiger charge is -2.65. The molecule has 2 N–H and O–H groups in total. The van der Waals surface area contributed by atoms with Crippen molar-refractivity contribution in [2.75, 3.05) is 6.61 Å². The molecule has 0 aromatic rings. The van der Waals surface area contributed by atoms with Gasteiger partial charge < -0.3 is 14.9 Å². The van der Waals surface area contributed by atoms with Crippen molar-refractivity contribution >= 4 is 0 Å². The molecule has 1 heterocycles. The van der Waals surface area contributed by atoms with Gasteiger partial charge in [0, 0.05) is 11.8 Å². The van der Waals surface area contributed by atoms with Gasteiger partial charge in [0.1, 0.15) is 5.60 Å². The van der Waals surface area contributed by atoms with Crippen LogP contribution >= 0.6 is 0 Å². The number of ether oxygens (including phenoxy) is 1. The Hall–Kier alpha value is -0.120. The van der Waals surface area contributed by atoms with Gasteiger partial charge in [-0.25, -0.2) is 0 Å². The predicted octanol–water partition coefficient (Wildman–Crippen LogP) is 0.297. The highest BCUT2D eigenvalue weighted by Crippen LogP contribution is 2.70. The van der Waals surface area contributed by atoms with Crippen LogP contribution in [0.2, 0.25) is 0 Å². The zero-order chi connectivity index (χ0) is 9.48. The van der Waals surface area contributed by atoms with Crippen LogP contribution in [0.5, 0.6) is 0 Å². The van der Waals surface area contributed by atoms with Crippen LogP contribution in [0.1, 0.15) is 26.7 Å². The van der Waals surface area contributed by atoms with Crippen LogP contribution in [0.25, 0.3) is 0 Å². The molecule has 4 bridgehead atoms. The maximum absolute atomic E-state index is 10.4. The molecule has 1 saturated heterocycles. The molecule has 13 heavy (non-hydrogen) atoms. The van der Waals surface area contributed by atoms with E-state index in [0.29, 0.717) is 19.4 Å². The first-order valence-electron chi connectivity index (χ1n) is 4.97. The zero-order valence-electron chi connectivity index (χ0n) is 8.08. The van der Waals surface area contributed by atoms with Crippen molar-refractivity contribution in [1.29, 1.82) is 0 Å². The van der Waals surface area contributed by atoms with Gasteiger partial charge in [-0.15, -0.1) is 0 Å². The topological polar surface area (TPSA) is 49.7 Å². The fourth-order valence-corrected chi connectivity index (χ4v) is 3.76. The monoisotopic (exact) mass is 184 g/mol. The Balaban J connectivity index is 2.12. The third-order valence-electron chi connectivity index (χ3n) is 4.91. The average molecular weight is 184 g/mol. The summed E-state index contributed by atoms with van der Waals surface area (Å²) < 4.78 is 5.68. The minimum Gasteiger partial charge on any atom is -0.393 e. The van der Waals surface area contributed by atoms with Crippen LogP contribution in [-0.2, 0) is 4.74 Å². The van der Waals surface area contributed by atoms with Crippen molar-refractivity contribution < 1.29 is 14.9 Å². The molecular formula is C10H16O3. The third-order valence-corrected chi connectivity index (χ3v) is 4.91. The maximum atomic E-state index is 10.4. The Morgan fingerprint density at radius 3 is 2.62 bits per heavy atom. The number of rotatable bonds is 0. The maximum Gasteiger partial charge on any atom is 0.102 e. The van der Waals surface area contributed by atoms with E-state index in [1.165, 1.54) is 0 Å². The Morgan fingerprint density at radius 2 is 2.00 bits per heavy atom. The molecule has 0 aromatic carbocycles. The number of aliphatic hydroxyl groups is 2. The molecule has 4 fully saturated rings. The molecule has 0 amide bonds. The summed E-state index contributed by atoms with van der Waals surface area (Å²) in [5, 5.41) is 20.3. The first kappa shape index (κ1) is 8.21. The molecule has 3 aliphatic carbocycles. The third kappa shape index (κ3) is 0.576. The first-order chi connectivity index (χ1) is 5.93. The summed E-state index contributed by atoms with van der Waals surface area (Å²) in [5.74, 6) is 0.244. The molecule has 3 saturated carbocycles. The lowest BCUT2D eigenvalue weighted by molar-refractivity contribution is -0.281. The highest BCUT2D eigenvalue weighted by molar-refractivity contribution is 5.28. The second-order valence-electron chi connectivity index (χ2n) is 5.38. The van der Waals surface area contributed by atoms with Gasteiger partial charge in [-0.1, -0.05) is 6.92 Å². The smallest absolute Gasteiger partial charge is 0.102 e. The van der Waals surface area contributed by atoms with Gasteiger partial charge in [-0.3, -0.25) is 0 Å². The summed E-state index contributed by atoms with van der Waals surface area (Å²) in [4.78, 5) is 0. The molecule has 0 unspecified atom stereocenters. The summed E-state index contributed by atoms with van der Waals surface area (Å²) in [6.45, 7) is 4.56. The van der Waals surface area contributed by atoms with Crippen LogP contribution < -0.4 is 0 Å². The fraction of sp³-hybridized carbons (Fsp3) is 1.00. The van der Waals surface area contributed by atoms with Crippen LogP contribution in [0.3, 0.4) is 0 Å². The van der Waals surface area contributed by atoms with E-state index in [9.17, 15) is 10.2 Å². The van der Waals surface area contributed by atoms with Crippen molar-refractivity contribution in [1.82, 2.24) is 0 Å². The van der Waals surface area contributed by atoms with Crippen LogP contribution in [0, 0.1) is 11.3 Å². The summed E-state index contributed by atoms with van der Waals surface area (Å²) >= 11 is 0. The van der Waals surface area contributed by atoms with E-state index >= 15 is 0 Å². The minimum absolute atomic E-state index is 0.195. The van der Waals surface area contributed by atoms with E-state index in [2.05, 4.69) is 0 Å². The molecule has 4 rings (SSSR count). The Morgan fingerprint density at radius 1 is 1.31 bits per heavy atom. The number of fused-ring (bicyclic) bond motifs is 1. The Bertz CT molecular complexity index is 267. The van der Waals surface area contributed by atoms with Gasteiger partial charge >= 0.3 is 0 Å². The first-order valence-corrected chi connectivity index (χ1v) is 4.97. The molecule has 3 heteroatoms. The lowest BCUT2D eigenvalue weighted by Crippen LogP contribution is -2.75. The molecule has 4 aliphatic rings. The Labute approximate surface area is 77.7 Å². The van der Waals surface area contributed by atoms with Gasteiger partial charge in [-0.2, -0.15) is 0 Å². The van der Waals surface area contributed by atoms with Crippen LogP contribution in [0.4, 0.5) is 0 Å². The number of hydrogen-bond acceptors (Lipinski definition) is 3. The second kappa shape index (κ2) is 1.81. The molecule has 0 spiro atoms. The minimum atomic E-state index is -0.677. The van der Waals surface area contributed by atoms with Gasteiger partial charge in [0.25, 0.3) is 0 Å². The van der Waals surface area contributed by atoms with Gasteiger partial charge in [0.2, 0.25) is 0 Å². The quantitative estimate of drug-likeness (QED) is 0.569. The summed E-state index contributed by atoms with van der Waals surface area (Å²) in [7, 11) is 0. The van der Waals surface area contributed by atoms with E-state index in [1.807, 2.05) is 13.8 Å². The van der Waals surface area contributed by atoms with E-state index in [1.54, 1.807) is 0 Å². The van der Waals surface area contributed by atoms with Crippen molar-refractivity contribution in [3.8, 4) is 0 Å². The normalized spacial score (nSPS) is 69.2. The van der Waals surface area contributed by atoms with Crippen LogP contribution in [0.15, 0.2) is 0 Å². The SMILES string of the molecule is C[C@]12CO[C@@]3(C)C[C@@H](O)[C@@H]1C[C@@]23O. The van der Waals surface area contributed by atoms with Gasteiger partial charge in [0.15, 0.2) is 0 Å². The zero-order valence-corrected chi connectivity index (χ0v) is 8.08. The van der Waals surface area contributed by atoms with Crippen molar-refractivity contribution in [2.45, 2.75) is 44.0 Å². The van der Waals surface area contributed by atoms with Crippen molar-refractivity contribution in [3.05, 3.63) is 0 Å². The van der Waals surface area contributed by atoms with E-state index < -0.39 is 11.2 Å². The second-order valence-corrected chi connectivity index (χ2v) is 5.38. The van der Waals surface area contributed by atoms with Crippen molar-refractivity contribution in [3.63, 3.8) is 0 Å². The van der Waals surface area contributed by atoms with E-state index in [0.717, 1.165) is 0 Å². The average Bonchev–Trinajstić information content (AvgIpc) is 2.18. The molecular weight excluding hydrogens is 168 g/mol. The summed E-state index contributed by atoms with van der Waals surface area (Å²) in [6, 6.07) is 0. The molecule has 74 valence electrons. The standard InChI is InChI=1S/C10H16O3/c1-8-5-13-9(2)4-7(11)6(8)3-10(8,9)12/h6-7,11-12H,3-5H2,1-2H3/t6-,7+,8-,9-,10+/m0/s1. The highest BCUT2D eigenvalue weighted by atomic mass is 16.5. The molecule has 5 atom stereocenters. The Kier molecular flexibility index (Phi) is 1.14. The highest BCUT2D eigenvalue weighted by Gasteiger charge is 2.79. The predicted molar refractivity (Wildman–Crippen MR) is 46.1 cm³/mol. The fourth-order valence-electron chi connectivity index (χ4n) is 3.76. The number of hydrogen-bond donors (Lipinski definition) is 2. The van der Waals surface area contributed by atoms with E-state index in [-0.39, 0.29) is 17.4 Å². The number of aliphatic hydroxyl groups excluding tert-OH is 1. The molecule has 3 nitrogen and oxygen atoms in total.